The summed E-state index contributed by atoms with van der Waals surface area (Å²) < 4.78 is 0. The van der Waals surface area contributed by atoms with Crippen molar-refractivity contribution in [2.24, 2.45) is 0 Å². The van der Waals surface area contributed by atoms with Crippen LogP contribution in [0.1, 0.15) is 6.92 Å². The molecule has 0 saturated heterocycles. The minimum absolute atomic E-state index is 0.0917. The topological polar surface area (TPSA) is 49.3 Å². The van der Waals surface area contributed by atoms with E-state index in [1.807, 2.05) is 0 Å². The van der Waals surface area contributed by atoms with Crippen LogP contribution in [-0.2, 0) is 4.79 Å². The average Bonchev–Trinajstić information content (AvgIpc) is 1.87. The van der Waals surface area contributed by atoms with Crippen LogP contribution < -0.4 is 5.32 Å². The van der Waals surface area contributed by atoms with E-state index in [9.17, 15) is 4.79 Å². The number of rotatable bonds is 4. The average molecular weight is 149 g/mol. The second kappa shape index (κ2) is 4.86. The molecule has 3 nitrogen and oxygen atoms in total. The predicted molar refractivity (Wildman–Crippen MR) is 39.3 cm³/mol. The summed E-state index contributed by atoms with van der Waals surface area (Å²) in [4.78, 5) is 10.7. The van der Waals surface area contributed by atoms with Gasteiger partial charge in [0.15, 0.2) is 5.78 Å². The SMILES string of the molecule is C[C@H](NCO)C(=O)CP. The minimum atomic E-state index is -0.229. The van der Waals surface area contributed by atoms with E-state index >= 15 is 0 Å². The number of carbonyl (C=O) groups is 1. The van der Waals surface area contributed by atoms with Crippen LogP contribution in [0.3, 0.4) is 0 Å². The van der Waals surface area contributed by atoms with Gasteiger partial charge in [0.25, 0.3) is 0 Å². The van der Waals surface area contributed by atoms with Gasteiger partial charge in [-0.3, -0.25) is 10.1 Å². The molecule has 0 saturated carbocycles. The molecule has 0 spiro atoms. The van der Waals surface area contributed by atoms with Crippen molar-refractivity contribution in [3.8, 4) is 0 Å². The molecule has 0 aromatic carbocycles. The summed E-state index contributed by atoms with van der Waals surface area (Å²) in [6, 6.07) is -0.229. The van der Waals surface area contributed by atoms with Crippen LogP contribution in [0.4, 0.5) is 0 Å². The number of aliphatic hydroxyl groups is 1. The van der Waals surface area contributed by atoms with Crippen molar-refractivity contribution in [1.82, 2.24) is 5.32 Å². The maximum atomic E-state index is 10.7. The third kappa shape index (κ3) is 3.57. The quantitative estimate of drug-likeness (QED) is 0.413. The van der Waals surface area contributed by atoms with Gasteiger partial charge in [-0.05, 0) is 6.92 Å². The van der Waals surface area contributed by atoms with Crippen molar-refractivity contribution in [3.63, 3.8) is 0 Å². The van der Waals surface area contributed by atoms with Gasteiger partial charge in [0.2, 0.25) is 0 Å². The first kappa shape index (κ1) is 9.02. The van der Waals surface area contributed by atoms with Crippen LogP contribution in [0.5, 0.6) is 0 Å². The van der Waals surface area contributed by atoms with Crippen LogP contribution in [0.25, 0.3) is 0 Å². The summed E-state index contributed by atoms with van der Waals surface area (Å²) in [5.74, 6) is 0.0917. The van der Waals surface area contributed by atoms with Crippen LogP contribution >= 0.6 is 9.24 Å². The predicted octanol–water partition coefficient (Wildman–Crippen LogP) is -0.641. The molecule has 0 rings (SSSR count). The number of hydrogen-bond acceptors (Lipinski definition) is 3. The first-order valence-corrected chi connectivity index (χ1v) is 3.61. The molecule has 2 N–H and O–H groups in total. The van der Waals surface area contributed by atoms with E-state index < -0.39 is 0 Å². The molecule has 0 aromatic heterocycles. The molecule has 0 aliphatic heterocycles. The Kier molecular flexibility index (Phi) is 4.87. The Balaban J connectivity index is 3.45. The third-order valence-electron chi connectivity index (χ3n) is 1.08. The van der Waals surface area contributed by atoms with Crippen LogP contribution in [0.2, 0.25) is 0 Å². The zero-order chi connectivity index (χ0) is 7.28. The molecule has 0 fully saturated rings. The Bertz CT molecular complexity index is 97.0. The van der Waals surface area contributed by atoms with Gasteiger partial charge in [-0.2, -0.15) is 0 Å². The highest BCUT2D eigenvalue weighted by Gasteiger charge is 2.07. The molecular weight excluding hydrogens is 137 g/mol. The number of ketones is 1. The molecule has 0 aliphatic carbocycles. The molecule has 0 heterocycles. The molecule has 2 atom stereocenters. The fourth-order valence-corrected chi connectivity index (χ4v) is 0.781. The number of Topliss-reactive ketones (excluding diaryl/α,β-unsaturated/α-hetero) is 1. The molecule has 9 heavy (non-hydrogen) atoms. The highest BCUT2D eigenvalue weighted by Crippen LogP contribution is 1.88. The van der Waals surface area contributed by atoms with Gasteiger partial charge in [-0.1, -0.05) is 0 Å². The third-order valence-corrected chi connectivity index (χ3v) is 1.48. The second-order valence-corrected chi connectivity index (χ2v) is 2.16. The maximum absolute atomic E-state index is 10.7. The van der Waals surface area contributed by atoms with Crippen molar-refractivity contribution < 1.29 is 9.90 Å². The summed E-state index contributed by atoms with van der Waals surface area (Å²) in [6.07, 6.45) is 0.439. The smallest absolute Gasteiger partial charge is 0.153 e. The molecule has 4 heteroatoms. The Hall–Kier alpha value is 0.0200. The lowest BCUT2D eigenvalue weighted by atomic mass is 10.2. The van der Waals surface area contributed by atoms with E-state index in [0.717, 1.165) is 0 Å². The van der Waals surface area contributed by atoms with Crippen molar-refractivity contribution in [2.45, 2.75) is 13.0 Å². The minimum Gasteiger partial charge on any atom is -0.381 e. The van der Waals surface area contributed by atoms with Gasteiger partial charge >= 0.3 is 0 Å². The molecule has 0 aromatic rings. The highest BCUT2D eigenvalue weighted by molar-refractivity contribution is 7.18. The molecule has 54 valence electrons. The van der Waals surface area contributed by atoms with Crippen LogP contribution in [-0.4, -0.2) is 29.8 Å². The van der Waals surface area contributed by atoms with Crippen molar-refractivity contribution in [2.75, 3.05) is 12.9 Å². The van der Waals surface area contributed by atoms with Crippen molar-refractivity contribution in [1.29, 1.82) is 0 Å². The van der Waals surface area contributed by atoms with Gasteiger partial charge in [-0.15, -0.1) is 9.24 Å². The lowest BCUT2D eigenvalue weighted by Gasteiger charge is -2.07. The second-order valence-electron chi connectivity index (χ2n) is 1.75. The van der Waals surface area contributed by atoms with Crippen molar-refractivity contribution >= 4 is 15.0 Å². The monoisotopic (exact) mass is 149 g/mol. The van der Waals surface area contributed by atoms with Crippen molar-refractivity contribution in [3.05, 3.63) is 0 Å². The number of aliphatic hydroxyl groups excluding tert-OH is 1. The summed E-state index contributed by atoms with van der Waals surface area (Å²) in [7, 11) is 2.34. The Labute approximate surface area is 57.0 Å². The Morgan fingerprint density at radius 2 is 2.44 bits per heavy atom. The number of carbonyl (C=O) groups excluding carboxylic acids is 1. The summed E-state index contributed by atoms with van der Waals surface area (Å²) in [5, 5.41) is 10.9. The zero-order valence-corrected chi connectivity index (χ0v) is 6.58. The van der Waals surface area contributed by atoms with Gasteiger partial charge in [-0.25, -0.2) is 0 Å². The summed E-state index contributed by atoms with van der Waals surface area (Å²) in [5.41, 5.74) is 0. The fourth-order valence-electron chi connectivity index (χ4n) is 0.428. The highest BCUT2D eigenvalue weighted by atomic mass is 31.0. The van der Waals surface area contributed by atoms with E-state index in [2.05, 4.69) is 14.6 Å². The lowest BCUT2D eigenvalue weighted by Crippen LogP contribution is -2.35. The van der Waals surface area contributed by atoms with Gasteiger partial charge < -0.3 is 5.11 Å². The first-order chi connectivity index (χ1) is 4.22. The Morgan fingerprint density at radius 3 is 2.78 bits per heavy atom. The summed E-state index contributed by atoms with van der Waals surface area (Å²) in [6.45, 7) is 1.58. The summed E-state index contributed by atoms with van der Waals surface area (Å²) >= 11 is 0. The van der Waals surface area contributed by atoms with E-state index in [0.29, 0.717) is 6.16 Å². The molecule has 1 unspecified atom stereocenters. The number of hydrogen-bond donors (Lipinski definition) is 2. The number of nitrogens with one attached hydrogen (secondary N) is 1. The maximum Gasteiger partial charge on any atom is 0.153 e. The molecule has 0 bridgehead atoms. The fraction of sp³-hybridized carbons (Fsp3) is 0.800. The lowest BCUT2D eigenvalue weighted by molar-refractivity contribution is -0.118. The normalized spacial score (nSPS) is 13.2. The van der Waals surface area contributed by atoms with E-state index in [1.165, 1.54) is 0 Å². The molecule has 0 aliphatic rings. The largest absolute Gasteiger partial charge is 0.381 e. The van der Waals surface area contributed by atoms with E-state index in [-0.39, 0.29) is 18.6 Å². The molecular formula is C5H12NO2P. The Morgan fingerprint density at radius 1 is 1.89 bits per heavy atom. The van der Waals surface area contributed by atoms with Crippen LogP contribution in [0, 0.1) is 0 Å². The first-order valence-electron chi connectivity index (χ1n) is 2.79. The van der Waals surface area contributed by atoms with E-state index in [4.69, 9.17) is 5.11 Å². The zero-order valence-electron chi connectivity index (χ0n) is 5.42. The van der Waals surface area contributed by atoms with Gasteiger partial charge in [0, 0.05) is 6.16 Å². The van der Waals surface area contributed by atoms with Gasteiger partial charge in [0.1, 0.15) is 0 Å². The van der Waals surface area contributed by atoms with Crippen LogP contribution in [0.15, 0.2) is 0 Å². The standard InChI is InChI=1S/C5H12NO2P/c1-4(6-3-7)5(8)2-9/h4,6-7H,2-3,9H2,1H3/t4-/m0/s1. The van der Waals surface area contributed by atoms with Gasteiger partial charge in [0.05, 0.1) is 12.8 Å². The molecule has 0 amide bonds. The molecule has 0 radical (unpaired) electrons. The van der Waals surface area contributed by atoms with E-state index in [1.54, 1.807) is 6.92 Å².